The lowest BCUT2D eigenvalue weighted by molar-refractivity contribution is 0.0822. The highest BCUT2D eigenvalue weighted by molar-refractivity contribution is 6.30. The molecule has 1 saturated carbocycles. The molecule has 0 aromatic heterocycles. The first-order valence-electron chi connectivity index (χ1n) is 6.86. The molecule has 0 spiro atoms. The summed E-state index contributed by atoms with van der Waals surface area (Å²) in [6.45, 7) is 1.39. The van der Waals surface area contributed by atoms with E-state index in [1.807, 2.05) is 19.2 Å². The smallest absolute Gasteiger partial charge is 0.0917 e. The Labute approximate surface area is 119 Å². The number of hydrogen-bond donors (Lipinski definition) is 2. The van der Waals surface area contributed by atoms with Crippen LogP contribution in [0, 0.1) is 5.92 Å². The van der Waals surface area contributed by atoms with Gasteiger partial charge in [0.25, 0.3) is 0 Å². The standard InChI is InChI=1S/C15H22ClNO2/c1-17(9-12-5-3-7-14(12)18)10-15(19)11-4-2-6-13(16)8-11/h2,4,6,8,12,14-15,18-19H,3,5,7,9-10H2,1H3. The van der Waals surface area contributed by atoms with Gasteiger partial charge in [-0.1, -0.05) is 30.2 Å². The van der Waals surface area contributed by atoms with Crippen LogP contribution in [0.3, 0.4) is 0 Å². The van der Waals surface area contributed by atoms with Crippen LogP contribution in [0.5, 0.6) is 0 Å². The summed E-state index contributed by atoms with van der Waals surface area (Å²) in [5.41, 5.74) is 0.839. The lowest BCUT2D eigenvalue weighted by atomic mass is 10.0. The molecule has 1 aromatic carbocycles. The molecule has 1 aliphatic rings. The van der Waals surface area contributed by atoms with Crippen LogP contribution in [0.4, 0.5) is 0 Å². The molecule has 1 aromatic rings. The highest BCUT2D eigenvalue weighted by atomic mass is 35.5. The Bertz CT molecular complexity index is 413. The molecule has 19 heavy (non-hydrogen) atoms. The van der Waals surface area contributed by atoms with Gasteiger partial charge in [-0.15, -0.1) is 0 Å². The van der Waals surface area contributed by atoms with E-state index in [9.17, 15) is 10.2 Å². The molecule has 0 heterocycles. The fourth-order valence-corrected chi connectivity index (χ4v) is 3.02. The van der Waals surface area contributed by atoms with E-state index in [0.29, 0.717) is 17.5 Å². The molecule has 2 N–H and O–H groups in total. The third kappa shape index (κ3) is 4.18. The van der Waals surface area contributed by atoms with Crippen molar-refractivity contribution in [1.29, 1.82) is 0 Å². The molecular formula is C15H22ClNO2. The molecule has 106 valence electrons. The fraction of sp³-hybridized carbons (Fsp3) is 0.600. The molecule has 3 atom stereocenters. The normalized spacial score (nSPS) is 24.9. The van der Waals surface area contributed by atoms with Crippen molar-refractivity contribution in [2.24, 2.45) is 5.92 Å². The van der Waals surface area contributed by atoms with Crippen LogP contribution in [0.15, 0.2) is 24.3 Å². The van der Waals surface area contributed by atoms with Crippen molar-refractivity contribution in [3.8, 4) is 0 Å². The van der Waals surface area contributed by atoms with Crippen molar-refractivity contribution < 1.29 is 10.2 Å². The summed E-state index contributed by atoms with van der Waals surface area (Å²) in [4.78, 5) is 2.09. The first-order chi connectivity index (χ1) is 9.06. The predicted octanol–water partition coefficient (Wildman–Crippen LogP) is 2.47. The first-order valence-corrected chi connectivity index (χ1v) is 7.24. The number of nitrogens with zero attached hydrogens (tertiary/aromatic N) is 1. The van der Waals surface area contributed by atoms with E-state index in [1.165, 1.54) is 0 Å². The van der Waals surface area contributed by atoms with Crippen LogP contribution in [0.2, 0.25) is 5.02 Å². The molecule has 3 unspecified atom stereocenters. The Hall–Kier alpha value is -0.610. The molecule has 4 heteroatoms. The summed E-state index contributed by atoms with van der Waals surface area (Å²) in [5.74, 6) is 0.344. The molecule has 0 aliphatic heterocycles. The van der Waals surface area contributed by atoms with E-state index in [1.54, 1.807) is 12.1 Å². The summed E-state index contributed by atoms with van der Waals surface area (Å²) in [6, 6.07) is 7.33. The van der Waals surface area contributed by atoms with E-state index in [4.69, 9.17) is 11.6 Å². The molecule has 2 rings (SSSR count). The minimum absolute atomic E-state index is 0.175. The van der Waals surface area contributed by atoms with Crippen LogP contribution in [-0.4, -0.2) is 41.4 Å². The molecular weight excluding hydrogens is 262 g/mol. The van der Waals surface area contributed by atoms with Crippen LogP contribution < -0.4 is 0 Å². The van der Waals surface area contributed by atoms with Gasteiger partial charge in [0.1, 0.15) is 0 Å². The van der Waals surface area contributed by atoms with Gasteiger partial charge in [0.2, 0.25) is 0 Å². The van der Waals surface area contributed by atoms with Crippen LogP contribution >= 0.6 is 11.6 Å². The van der Waals surface area contributed by atoms with Crippen molar-refractivity contribution in [1.82, 2.24) is 4.90 Å². The molecule has 0 radical (unpaired) electrons. The molecule has 0 amide bonds. The van der Waals surface area contributed by atoms with Crippen molar-refractivity contribution >= 4 is 11.6 Å². The van der Waals surface area contributed by atoms with E-state index < -0.39 is 6.10 Å². The largest absolute Gasteiger partial charge is 0.393 e. The van der Waals surface area contributed by atoms with Gasteiger partial charge in [-0.2, -0.15) is 0 Å². The quantitative estimate of drug-likeness (QED) is 0.872. The van der Waals surface area contributed by atoms with Gasteiger partial charge in [0.15, 0.2) is 0 Å². The van der Waals surface area contributed by atoms with Gasteiger partial charge < -0.3 is 15.1 Å². The molecule has 0 bridgehead atoms. The average molecular weight is 284 g/mol. The summed E-state index contributed by atoms with van der Waals surface area (Å²) in [6.07, 6.45) is 2.39. The number of likely N-dealkylation sites (N-methyl/N-ethyl adjacent to an activating group) is 1. The number of aliphatic hydroxyl groups is 2. The second-order valence-electron chi connectivity index (χ2n) is 5.55. The zero-order chi connectivity index (χ0) is 13.8. The average Bonchev–Trinajstić information content (AvgIpc) is 2.75. The van der Waals surface area contributed by atoms with Crippen molar-refractivity contribution in [3.63, 3.8) is 0 Å². The van der Waals surface area contributed by atoms with E-state index in [2.05, 4.69) is 4.90 Å². The van der Waals surface area contributed by atoms with Gasteiger partial charge in [-0.25, -0.2) is 0 Å². The zero-order valence-corrected chi connectivity index (χ0v) is 12.1. The van der Waals surface area contributed by atoms with E-state index >= 15 is 0 Å². The van der Waals surface area contributed by atoms with Crippen LogP contribution in [0.1, 0.15) is 30.9 Å². The third-order valence-electron chi connectivity index (χ3n) is 3.88. The second kappa shape index (κ2) is 6.71. The third-order valence-corrected chi connectivity index (χ3v) is 4.12. The van der Waals surface area contributed by atoms with Gasteiger partial charge >= 0.3 is 0 Å². The number of aliphatic hydroxyl groups excluding tert-OH is 2. The maximum Gasteiger partial charge on any atom is 0.0917 e. The summed E-state index contributed by atoms with van der Waals surface area (Å²) in [7, 11) is 1.98. The highest BCUT2D eigenvalue weighted by Crippen LogP contribution is 2.26. The summed E-state index contributed by atoms with van der Waals surface area (Å²) >= 11 is 5.92. The fourth-order valence-electron chi connectivity index (χ4n) is 2.82. The van der Waals surface area contributed by atoms with Crippen LogP contribution in [0.25, 0.3) is 0 Å². The summed E-state index contributed by atoms with van der Waals surface area (Å²) in [5, 5.41) is 20.7. The van der Waals surface area contributed by atoms with Gasteiger partial charge in [-0.3, -0.25) is 0 Å². The number of rotatable bonds is 5. The Kier molecular flexibility index (Phi) is 5.22. The maximum absolute atomic E-state index is 10.2. The van der Waals surface area contributed by atoms with E-state index in [-0.39, 0.29) is 6.10 Å². The minimum atomic E-state index is -0.540. The Morgan fingerprint density at radius 2 is 2.21 bits per heavy atom. The molecule has 0 saturated heterocycles. The van der Waals surface area contributed by atoms with Crippen LogP contribution in [-0.2, 0) is 0 Å². The second-order valence-corrected chi connectivity index (χ2v) is 5.99. The lowest BCUT2D eigenvalue weighted by Crippen LogP contribution is -2.32. The van der Waals surface area contributed by atoms with Crippen molar-refractivity contribution in [3.05, 3.63) is 34.9 Å². The van der Waals surface area contributed by atoms with Crippen molar-refractivity contribution in [2.75, 3.05) is 20.1 Å². The predicted molar refractivity (Wildman–Crippen MR) is 77.3 cm³/mol. The number of benzene rings is 1. The number of halogens is 1. The highest BCUT2D eigenvalue weighted by Gasteiger charge is 2.26. The SMILES string of the molecule is CN(CC(O)c1cccc(Cl)c1)CC1CCCC1O. The Morgan fingerprint density at radius 1 is 1.42 bits per heavy atom. The Morgan fingerprint density at radius 3 is 2.84 bits per heavy atom. The van der Waals surface area contributed by atoms with E-state index in [0.717, 1.165) is 31.4 Å². The Balaban J connectivity index is 1.86. The molecule has 3 nitrogen and oxygen atoms in total. The van der Waals surface area contributed by atoms with Gasteiger partial charge in [0.05, 0.1) is 12.2 Å². The monoisotopic (exact) mass is 283 g/mol. The van der Waals surface area contributed by atoms with Gasteiger partial charge in [0, 0.05) is 18.1 Å². The number of hydrogen-bond acceptors (Lipinski definition) is 3. The summed E-state index contributed by atoms with van der Waals surface area (Å²) < 4.78 is 0. The van der Waals surface area contributed by atoms with Crippen molar-refractivity contribution in [2.45, 2.75) is 31.5 Å². The zero-order valence-electron chi connectivity index (χ0n) is 11.3. The topological polar surface area (TPSA) is 43.7 Å². The molecule has 1 aliphatic carbocycles. The van der Waals surface area contributed by atoms with Gasteiger partial charge in [-0.05, 0) is 43.5 Å². The maximum atomic E-state index is 10.2. The lowest BCUT2D eigenvalue weighted by Gasteiger charge is -2.25. The first kappa shape index (κ1) is 14.8. The molecule has 1 fully saturated rings. The minimum Gasteiger partial charge on any atom is -0.393 e.